The van der Waals surface area contributed by atoms with Gasteiger partial charge in [-0.3, -0.25) is 10.1 Å². The van der Waals surface area contributed by atoms with E-state index in [9.17, 15) is 9.59 Å². The van der Waals surface area contributed by atoms with Crippen LogP contribution in [0.2, 0.25) is 0 Å². The fourth-order valence-electron chi connectivity index (χ4n) is 4.40. The Hall–Kier alpha value is -3.38. The monoisotopic (exact) mass is 495 g/mol. The van der Waals surface area contributed by atoms with Gasteiger partial charge in [0.15, 0.2) is 12.3 Å². The molecule has 9 heteroatoms. The number of nitrogens with zero attached hydrogens (tertiary/aromatic N) is 4. The zero-order chi connectivity index (χ0) is 26.1. The molecule has 36 heavy (non-hydrogen) atoms. The van der Waals surface area contributed by atoms with Crippen molar-refractivity contribution >= 4 is 17.7 Å². The van der Waals surface area contributed by atoms with Crippen molar-refractivity contribution in [2.75, 3.05) is 25.0 Å². The molecule has 2 amide bonds. The Labute approximate surface area is 213 Å². The number of aryl methyl sites for hydroxylation is 1. The molecule has 1 fully saturated rings. The molecule has 0 aliphatic carbocycles. The van der Waals surface area contributed by atoms with Gasteiger partial charge in [-0.15, -0.1) is 5.10 Å². The molecular formula is C27H37N5O4. The van der Waals surface area contributed by atoms with Gasteiger partial charge < -0.3 is 14.4 Å². The fraction of sp³-hybridized carbons (Fsp3) is 0.556. The molecule has 1 aromatic carbocycles. The Kier molecular flexibility index (Phi) is 9.88. The zero-order valence-corrected chi connectivity index (χ0v) is 21.9. The predicted molar refractivity (Wildman–Crippen MR) is 137 cm³/mol. The number of rotatable bonds is 9. The van der Waals surface area contributed by atoms with Crippen LogP contribution >= 0.6 is 0 Å². The molecule has 0 radical (unpaired) electrons. The van der Waals surface area contributed by atoms with E-state index >= 15 is 0 Å². The molecule has 4 atom stereocenters. The second-order valence-corrected chi connectivity index (χ2v) is 9.21. The SMILES string of the molecule is CCN(CC)C(=O)[C@H](C)[C@H]1CC[C@@H](C[C@@H](C)n2cc(C#CCOC(=O)Nc3cccc(C)c3)nn2)O1. The summed E-state index contributed by atoms with van der Waals surface area (Å²) in [5.41, 5.74) is 2.23. The molecule has 0 spiro atoms. The summed E-state index contributed by atoms with van der Waals surface area (Å²) in [6, 6.07) is 7.53. The van der Waals surface area contributed by atoms with E-state index in [-0.39, 0.29) is 36.7 Å². The van der Waals surface area contributed by atoms with Gasteiger partial charge in [-0.05, 0) is 70.6 Å². The molecule has 1 saturated heterocycles. The van der Waals surface area contributed by atoms with Crippen molar-refractivity contribution < 1.29 is 19.1 Å². The molecule has 0 unspecified atom stereocenters. The van der Waals surface area contributed by atoms with Crippen molar-refractivity contribution in [3.8, 4) is 11.8 Å². The van der Waals surface area contributed by atoms with E-state index in [2.05, 4.69) is 34.4 Å². The molecule has 1 aliphatic heterocycles. The number of ether oxygens (including phenoxy) is 2. The summed E-state index contributed by atoms with van der Waals surface area (Å²) in [6.07, 6.45) is 3.84. The summed E-state index contributed by atoms with van der Waals surface area (Å²) in [7, 11) is 0. The third kappa shape index (κ3) is 7.56. The Bertz CT molecular complexity index is 1090. The molecule has 2 heterocycles. The van der Waals surface area contributed by atoms with Crippen LogP contribution in [0, 0.1) is 24.7 Å². The highest BCUT2D eigenvalue weighted by atomic mass is 16.5. The normalized spacial score (nSPS) is 18.6. The smallest absolute Gasteiger partial charge is 0.412 e. The van der Waals surface area contributed by atoms with E-state index in [1.54, 1.807) is 16.9 Å². The van der Waals surface area contributed by atoms with Crippen LogP contribution < -0.4 is 5.32 Å². The Morgan fingerprint density at radius 1 is 1.28 bits per heavy atom. The topological polar surface area (TPSA) is 98.6 Å². The minimum absolute atomic E-state index is 0.0458. The van der Waals surface area contributed by atoms with Gasteiger partial charge in [-0.1, -0.05) is 30.2 Å². The number of carbonyl (C=O) groups excluding carboxylic acids is 2. The lowest BCUT2D eigenvalue weighted by Gasteiger charge is -2.26. The van der Waals surface area contributed by atoms with Crippen LogP contribution in [0.15, 0.2) is 30.5 Å². The highest BCUT2D eigenvalue weighted by Crippen LogP contribution is 2.31. The summed E-state index contributed by atoms with van der Waals surface area (Å²) in [5.74, 6) is 5.69. The van der Waals surface area contributed by atoms with Crippen molar-refractivity contribution in [2.24, 2.45) is 5.92 Å². The lowest BCUT2D eigenvalue weighted by Crippen LogP contribution is -2.39. The largest absolute Gasteiger partial charge is 0.436 e. The minimum atomic E-state index is -0.560. The van der Waals surface area contributed by atoms with E-state index in [0.29, 0.717) is 11.4 Å². The quantitative estimate of drug-likeness (QED) is 0.524. The molecule has 194 valence electrons. The summed E-state index contributed by atoms with van der Waals surface area (Å²) < 4.78 is 13.1. The molecule has 9 nitrogen and oxygen atoms in total. The Morgan fingerprint density at radius 2 is 2.06 bits per heavy atom. The number of amides is 2. The standard InChI is InChI=1S/C27H37N5O4/c1-6-31(7-2)26(33)21(5)25-14-13-24(36-25)17-20(4)32-18-23(29-30-32)12-9-15-35-27(34)28-22-11-8-10-19(3)16-22/h8,10-11,16,18,20-21,24-25H,6-7,13-15,17H2,1-5H3,(H,28,34)/t20-,21-,24+,25-/m1/s1. The van der Waals surface area contributed by atoms with E-state index in [1.165, 1.54) is 0 Å². The summed E-state index contributed by atoms with van der Waals surface area (Å²) in [6.45, 7) is 11.4. The first kappa shape index (κ1) is 27.2. The van der Waals surface area contributed by atoms with Crippen molar-refractivity contribution in [3.05, 3.63) is 41.7 Å². The third-order valence-electron chi connectivity index (χ3n) is 6.48. The molecule has 3 rings (SSSR count). The highest BCUT2D eigenvalue weighted by Gasteiger charge is 2.35. The van der Waals surface area contributed by atoms with Crippen molar-refractivity contribution in [3.63, 3.8) is 0 Å². The zero-order valence-electron chi connectivity index (χ0n) is 21.9. The first-order valence-corrected chi connectivity index (χ1v) is 12.7. The van der Waals surface area contributed by atoms with Crippen LogP contribution in [0.1, 0.15) is 64.3 Å². The molecule has 0 bridgehead atoms. The van der Waals surface area contributed by atoms with Crippen LogP contribution in [-0.4, -0.2) is 63.8 Å². The lowest BCUT2D eigenvalue weighted by molar-refractivity contribution is -0.139. The van der Waals surface area contributed by atoms with Gasteiger partial charge in [0.05, 0.1) is 30.4 Å². The van der Waals surface area contributed by atoms with Crippen LogP contribution in [0.3, 0.4) is 0 Å². The van der Waals surface area contributed by atoms with Crippen LogP contribution in [0.5, 0.6) is 0 Å². The van der Waals surface area contributed by atoms with Gasteiger partial charge in [0.2, 0.25) is 5.91 Å². The van der Waals surface area contributed by atoms with Crippen molar-refractivity contribution in [1.82, 2.24) is 19.9 Å². The third-order valence-corrected chi connectivity index (χ3v) is 6.48. The Morgan fingerprint density at radius 3 is 2.78 bits per heavy atom. The first-order chi connectivity index (χ1) is 17.3. The molecule has 1 aliphatic rings. The van der Waals surface area contributed by atoms with Gasteiger partial charge in [0.1, 0.15) is 0 Å². The first-order valence-electron chi connectivity index (χ1n) is 12.7. The molecular weight excluding hydrogens is 458 g/mol. The van der Waals surface area contributed by atoms with Crippen LogP contribution in [-0.2, 0) is 14.3 Å². The highest BCUT2D eigenvalue weighted by molar-refractivity contribution is 5.84. The average molecular weight is 496 g/mol. The van der Waals surface area contributed by atoms with E-state index in [0.717, 1.165) is 37.9 Å². The van der Waals surface area contributed by atoms with Crippen molar-refractivity contribution in [1.29, 1.82) is 0 Å². The lowest BCUT2D eigenvalue weighted by atomic mass is 9.99. The van der Waals surface area contributed by atoms with Gasteiger partial charge >= 0.3 is 6.09 Å². The van der Waals surface area contributed by atoms with Gasteiger partial charge in [0.25, 0.3) is 0 Å². The second-order valence-electron chi connectivity index (χ2n) is 9.21. The number of hydrogen-bond acceptors (Lipinski definition) is 6. The number of anilines is 1. The number of hydrogen-bond donors (Lipinski definition) is 1. The summed E-state index contributed by atoms with van der Waals surface area (Å²) >= 11 is 0. The molecule has 2 aromatic rings. The van der Waals surface area contributed by atoms with E-state index in [4.69, 9.17) is 9.47 Å². The maximum Gasteiger partial charge on any atom is 0.412 e. The summed E-state index contributed by atoms with van der Waals surface area (Å²) in [5, 5.41) is 11.0. The molecule has 1 aromatic heterocycles. The summed E-state index contributed by atoms with van der Waals surface area (Å²) in [4.78, 5) is 26.4. The van der Waals surface area contributed by atoms with Crippen molar-refractivity contribution in [2.45, 2.75) is 72.1 Å². The van der Waals surface area contributed by atoms with E-state index < -0.39 is 6.09 Å². The van der Waals surface area contributed by atoms with E-state index in [1.807, 2.05) is 50.8 Å². The molecule has 0 saturated carbocycles. The fourth-order valence-corrected chi connectivity index (χ4v) is 4.40. The average Bonchev–Trinajstić information content (AvgIpc) is 3.52. The number of nitrogens with one attached hydrogen (secondary N) is 1. The Balaban J connectivity index is 1.43. The predicted octanol–water partition coefficient (Wildman–Crippen LogP) is 4.19. The molecule has 1 N–H and O–H groups in total. The van der Waals surface area contributed by atoms with Crippen LogP contribution in [0.25, 0.3) is 0 Å². The number of carbonyl (C=O) groups is 2. The maximum atomic E-state index is 12.7. The maximum absolute atomic E-state index is 12.7. The van der Waals surface area contributed by atoms with Gasteiger partial charge in [0, 0.05) is 18.8 Å². The van der Waals surface area contributed by atoms with Crippen LogP contribution in [0.4, 0.5) is 10.5 Å². The van der Waals surface area contributed by atoms with Gasteiger partial charge in [-0.25, -0.2) is 9.48 Å². The number of benzene rings is 1. The second kappa shape index (κ2) is 13.1. The number of aromatic nitrogens is 3. The van der Waals surface area contributed by atoms with Gasteiger partial charge in [-0.2, -0.15) is 0 Å². The minimum Gasteiger partial charge on any atom is -0.436 e.